The van der Waals surface area contributed by atoms with Crippen LogP contribution in [0.2, 0.25) is 10.0 Å². The number of halogens is 2. The van der Waals surface area contributed by atoms with Crippen molar-refractivity contribution in [1.29, 1.82) is 0 Å². The van der Waals surface area contributed by atoms with Gasteiger partial charge in [0.05, 0.1) is 34.3 Å². The average Bonchev–Trinajstić information content (AvgIpc) is 3.10. The predicted molar refractivity (Wildman–Crippen MR) is 129 cm³/mol. The molecule has 0 spiro atoms. The van der Waals surface area contributed by atoms with Gasteiger partial charge in [-0.05, 0) is 24.6 Å². The molecule has 1 N–H and O–H groups in total. The number of morpholine rings is 1. The van der Waals surface area contributed by atoms with Crippen molar-refractivity contribution in [2.75, 3.05) is 39.4 Å². The smallest absolute Gasteiger partial charge is 0.221 e. The molecule has 1 aliphatic heterocycles. The molecule has 1 amide bonds. The Hall–Kier alpha value is -2.12. The molecule has 2 heterocycles. The van der Waals surface area contributed by atoms with Crippen LogP contribution >= 0.6 is 23.2 Å². The minimum atomic E-state index is 0.0291. The molecule has 0 aliphatic carbocycles. The molecule has 0 unspecified atom stereocenters. The zero-order chi connectivity index (χ0) is 22.5. The SMILES string of the molecule is Cc1ccc(Cc2nc3cc(Cl)c(Cl)cc3n2CCC(=O)NCCN2CCOCC2)cc1. The van der Waals surface area contributed by atoms with E-state index in [2.05, 4.69) is 46.0 Å². The largest absolute Gasteiger partial charge is 0.379 e. The van der Waals surface area contributed by atoms with Gasteiger partial charge < -0.3 is 14.6 Å². The predicted octanol–water partition coefficient (Wildman–Crippen LogP) is 4.08. The van der Waals surface area contributed by atoms with Gasteiger partial charge in [-0.25, -0.2) is 4.98 Å². The first-order chi connectivity index (χ1) is 15.5. The Morgan fingerprint density at radius 3 is 2.56 bits per heavy atom. The number of carbonyl (C=O) groups excluding carboxylic acids is 1. The first kappa shape index (κ1) is 23.1. The highest BCUT2D eigenvalue weighted by molar-refractivity contribution is 6.42. The Balaban J connectivity index is 1.45. The number of aromatic nitrogens is 2. The molecule has 32 heavy (non-hydrogen) atoms. The zero-order valence-electron chi connectivity index (χ0n) is 18.2. The van der Waals surface area contributed by atoms with Crippen LogP contribution in [0.4, 0.5) is 0 Å². The normalized spacial score (nSPS) is 14.7. The maximum absolute atomic E-state index is 12.5. The van der Waals surface area contributed by atoms with Gasteiger partial charge in [0.25, 0.3) is 0 Å². The maximum atomic E-state index is 12.5. The molecular weight excluding hydrogens is 447 g/mol. The number of aryl methyl sites for hydroxylation is 2. The van der Waals surface area contributed by atoms with Gasteiger partial charge >= 0.3 is 0 Å². The Morgan fingerprint density at radius 1 is 1.09 bits per heavy atom. The van der Waals surface area contributed by atoms with E-state index in [4.69, 9.17) is 32.9 Å². The van der Waals surface area contributed by atoms with Crippen LogP contribution in [0.15, 0.2) is 36.4 Å². The lowest BCUT2D eigenvalue weighted by molar-refractivity contribution is -0.121. The molecule has 3 aromatic rings. The van der Waals surface area contributed by atoms with Crippen molar-refractivity contribution in [3.8, 4) is 0 Å². The molecule has 6 nitrogen and oxygen atoms in total. The minimum absolute atomic E-state index is 0.0291. The summed E-state index contributed by atoms with van der Waals surface area (Å²) in [7, 11) is 0. The molecule has 0 bridgehead atoms. The minimum Gasteiger partial charge on any atom is -0.379 e. The fourth-order valence-electron chi connectivity index (χ4n) is 3.92. The third-order valence-electron chi connectivity index (χ3n) is 5.77. The van der Waals surface area contributed by atoms with Crippen LogP contribution in [0, 0.1) is 6.92 Å². The summed E-state index contributed by atoms with van der Waals surface area (Å²) in [5.74, 6) is 0.921. The maximum Gasteiger partial charge on any atom is 0.221 e. The number of imidazole rings is 1. The number of amides is 1. The van der Waals surface area contributed by atoms with Crippen LogP contribution in [0.5, 0.6) is 0 Å². The van der Waals surface area contributed by atoms with Gasteiger partial charge in [0.1, 0.15) is 5.82 Å². The molecule has 0 atom stereocenters. The molecule has 1 saturated heterocycles. The molecule has 1 aromatic heterocycles. The monoisotopic (exact) mass is 474 g/mol. The second kappa shape index (κ2) is 10.7. The fraction of sp³-hybridized carbons (Fsp3) is 0.417. The van der Waals surface area contributed by atoms with Gasteiger partial charge in [-0.1, -0.05) is 53.0 Å². The van der Waals surface area contributed by atoms with Gasteiger partial charge in [-0.2, -0.15) is 0 Å². The van der Waals surface area contributed by atoms with Crippen LogP contribution < -0.4 is 5.32 Å². The summed E-state index contributed by atoms with van der Waals surface area (Å²) in [4.78, 5) is 19.6. The number of hydrogen-bond donors (Lipinski definition) is 1. The summed E-state index contributed by atoms with van der Waals surface area (Å²) < 4.78 is 7.44. The molecule has 1 fully saturated rings. The fourth-order valence-corrected chi connectivity index (χ4v) is 4.24. The summed E-state index contributed by atoms with van der Waals surface area (Å²) in [5, 5.41) is 4.00. The summed E-state index contributed by atoms with van der Waals surface area (Å²) in [5.41, 5.74) is 4.06. The first-order valence-corrected chi connectivity index (χ1v) is 11.7. The first-order valence-electron chi connectivity index (χ1n) is 11.0. The van der Waals surface area contributed by atoms with Gasteiger partial charge in [0.15, 0.2) is 0 Å². The van der Waals surface area contributed by atoms with E-state index in [9.17, 15) is 4.79 Å². The highest BCUT2D eigenvalue weighted by Gasteiger charge is 2.15. The third kappa shape index (κ3) is 5.81. The molecular formula is C24H28Cl2N4O2. The molecule has 0 saturated carbocycles. The van der Waals surface area contributed by atoms with Gasteiger partial charge in [0, 0.05) is 45.6 Å². The van der Waals surface area contributed by atoms with Crippen molar-refractivity contribution in [3.05, 3.63) is 63.4 Å². The summed E-state index contributed by atoms with van der Waals surface area (Å²) in [6.07, 6.45) is 1.04. The van der Waals surface area contributed by atoms with Gasteiger partial charge in [0.2, 0.25) is 5.91 Å². The van der Waals surface area contributed by atoms with E-state index < -0.39 is 0 Å². The molecule has 0 radical (unpaired) electrons. The number of benzene rings is 2. The van der Waals surface area contributed by atoms with E-state index in [1.165, 1.54) is 11.1 Å². The van der Waals surface area contributed by atoms with Crippen molar-refractivity contribution in [1.82, 2.24) is 19.8 Å². The second-order valence-electron chi connectivity index (χ2n) is 8.15. The Bertz CT molecular complexity index is 1080. The van der Waals surface area contributed by atoms with E-state index in [0.717, 1.165) is 49.7 Å². The highest BCUT2D eigenvalue weighted by atomic mass is 35.5. The average molecular weight is 475 g/mol. The number of fused-ring (bicyclic) bond motifs is 1. The van der Waals surface area contributed by atoms with E-state index in [0.29, 0.717) is 36.0 Å². The molecule has 8 heteroatoms. The zero-order valence-corrected chi connectivity index (χ0v) is 19.8. The standard InChI is InChI=1S/C24H28Cl2N4O2/c1-17-2-4-18(5-3-17)14-23-28-21-15-19(25)20(26)16-22(21)30(23)8-6-24(31)27-7-9-29-10-12-32-13-11-29/h2-5,15-16H,6-14H2,1H3,(H,27,31). The molecule has 2 aromatic carbocycles. The summed E-state index contributed by atoms with van der Waals surface area (Å²) in [6, 6.07) is 12.0. The Labute approximate surface area is 198 Å². The number of carbonyl (C=O) groups is 1. The number of rotatable bonds is 8. The van der Waals surface area contributed by atoms with E-state index in [-0.39, 0.29) is 5.91 Å². The van der Waals surface area contributed by atoms with Gasteiger partial charge in [-0.3, -0.25) is 9.69 Å². The summed E-state index contributed by atoms with van der Waals surface area (Å²) >= 11 is 12.5. The molecule has 4 rings (SSSR count). The number of nitrogens with one attached hydrogen (secondary N) is 1. The number of nitrogens with zero attached hydrogens (tertiary/aromatic N) is 3. The Morgan fingerprint density at radius 2 is 1.81 bits per heavy atom. The number of ether oxygens (including phenoxy) is 1. The van der Waals surface area contributed by atoms with Crippen molar-refractivity contribution >= 4 is 40.1 Å². The molecule has 170 valence electrons. The van der Waals surface area contributed by atoms with Crippen molar-refractivity contribution in [2.45, 2.75) is 26.3 Å². The van der Waals surface area contributed by atoms with Crippen LogP contribution in [0.3, 0.4) is 0 Å². The Kier molecular flexibility index (Phi) is 7.68. The highest BCUT2D eigenvalue weighted by Crippen LogP contribution is 2.29. The van der Waals surface area contributed by atoms with Crippen LogP contribution in [0.1, 0.15) is 23.4 Å². The second-order valence-corrected chi connectivity index (χ2v) is 8.97. The van der Waals surface area contributed by atoms with Crippen molar-refractivity contribution < 1.29 is 9.53 Å². The van der Waals surface area contributed by atoms with Crippen molar-refractivity contribution in [2.24, 2.45) is 0 Å². The lowest BCUT2D eigenvalue weighted by Crippen LogP contribution is -2.41. The lowest BCUT2D eigenvalue weighted by atomic mass is 10.1. The van der Waals surface area contributed by atoms with Crippen LogP contribution in [-0.2, 0) is 22.5 Å². The van der Waals surface area contributed by atoms with Gasteiger partial charge in [-0.15, -0.1) is 0 Å². The van der Waals surface area contributed by atoms with Crippen molar-refractivity contribution in [3.63, 3.8) is 0 Å². The van der Waals surface area contributed by atoms with Crippen LogP contribution in [-0.4, -0.2) is 59.8 Å². The van der Waals surface area contributed by atoms with E-state index in [1.807, 2.05) is 6.07 Å². The quantitative estimate of drug-likeness (QED) is 0.534. The lowest BCUT2D eigenvalue weighted by Gasteiger charge is -2.26. The van der Waals surface area contributed by atoms with Crippen LogP contribution in [0.25, 0.3) is 11.0 Å². The molecule has 1 aliphatic rings. The number of hydrogen-bond acceptors (Lipinski definition) is 4. The van der Waals surface area contributed by atoms with E-state index in [1.54, 1.807) is 6.07 Å². The summed E-state index contributed by atoms with van der Waals surface area (Å²) in [6.45, 7) is 7.44. The van der Waals surface area contributed by atoms with E-state index >= 15 is 0 Å². The third-order valence-corrected chi connectivity index (χ3v) is 6.49. The topological polar surface area (TPSA) is 59.4 Å².